The summed E-state index contributed by atoms with van der Waals surface area (Å²) in [6.45, 7) is 9.28. The lowest BCUT2D eigenvalue weighted by Gasteiger charge is -2.26. The number of anilines is 2. The average Bonchev–Trinajstić information content (AvgIpc) is 3.70. The van der Waals surface area contributed by atoms with Crippen LogP contribution in [0.5, 0.6) is 0 Å². The van der Waals surface area contributed by atoms with Crippen LogP contribution >= 0.6 is 0 Å². The molecule has 226 valence electrons. The van der Waals surface area contributed by atoms with Gasteiger partial charge in [0.05, 0.1) is 22.2 Å². The second-order valence-corrected chi connectivity index (χ2v) is 14.3. The van der Waals surface area contributed by atoms with Gasteiger partial charge >= 0.3 is 0 Å². The van der Waals surface area contributed by atoms with E-state index in [0.29, 0.717) is 48.4 Å². The maximum Gasteiger partial charge on any atom is 0.236 e. The number of benzene rings is 2. The number of hydrogen-bond acceptors (Lipinski definition) is 7. The minimum Gasteiger partial charge on any atom is -0.352 e. The molecule has 0 aliphatic heterocycles. The van der Waals surface area contributed by atoms with Gasteiger partial charge in [0, 0.05) is 18.7 Å². The summed E-state index contributed by atoms with van der Waals surface area (Å²) in [5.41, 5.74) is 10.5. The molecule has 0 saturated heterocycles. The van der Waals surface area contributed by atoms with Crippen LogP contribution in [0.2, 0.25) is 0 Å². The fraction of sp³-hybridized carbons (Fsp3) is 0.382. The van der Waals surface area contributed by atoms with Crippen LogP contribution < -0.4 is 15.4 Å². The molecule has 43 heavy (non-hydrogen) atoms. The van der Waals surface area contributed by atoms with Crippen molar-refractivity contribution in [1.29, 1.82) is 0 Å². The van der Waals surface area contributed by atoms with Gasteiger partial charge in [-0.2, -0.15) is 0 Å². The van der Waals surface area contributed by atoms with Gasteiger partial charge in [0.2, 0.25) is 10.0 Å². The fourth-order valence-corrected chi connectivity index (χ4v) is 6.30. The second-order valence-electron chi connectivity index (χ2n) is 12.2. The van der Waals surface area contributed by atoms with Crippen molar-refractivity contribution >= 4 is 21.7 Å². The van der Waals surface area contributed by atoms with E-state index in [1.54, 1.807) is 13.0 Å². The van der Waals surface area contributed by atoms with Crippen LogP contribution in [0.4, 0.5) is 11.6 Å². The molecule has 1 aliphatic carbocycles. The van der Waals surface area contributed by atoms with Crippen LogP contribution in [0.3, 0.4) is 0 Å². The lowest BCUT2D eigenvalue weighted by atomic mass is 9.89. The summed E-state index contributed by atoms with van der Waals surface area (Å²) >= 11 is 0. The molecule has 2 aromatic carbocycles. The summed E-state index contributed by atoms with van der Waals surface area (Å²) in [6.07, 6.45) is 3.80. The number of aromatic nitrogens is 3. The number of nitrogens with zero attached hydrogens (tertiary/aromatic N) is 4. The summed E-state index contributed by atoms with van der Waals surface area (Å²) in [6, 6.07) is 26.0. The molecule has 0 bridgehead atoms. The second kappa shape index (κ2) is 12.8. The molecule has 4 unspecified atom stereocenters. The zero-order chi connectivity index (χ0) is 30.6. The number of sulfonamides is 1. The maximum absolute atomic E-state index is 13.1. The molecule has 0 radical (unpaired) electrons. The lowest BCUT2D eigenvalue weighted by molar-refractivity contribution is 0.475. The molecule has 2 aromatic heterocycles. The van der Waals surface area contributed by atoms with Crippen LogP contribution in [-0.4, -0.2) is 35.2 Å². The first-order valence-electron chi connectivity index (χ1n) is 15.0. The Morgan fingerprint density at radius 1 is 1.02 bits per heavy atom. The van der Waals surface area contributed by atoms with Crippen molar-refractivity contribution in [2.45, 2.75) is 64.3 Å². The van der Waals surface area contributed by atoms with Crippen LogP contribution in [0, 0.1) is 11.8 Å². The van der Waals surface area contributed by atoms with E-state index in [1.807, 2.05) is 62.4 Å². The van der Waals surface area contributed by atoms with Gasteiger partial charge in [-0.05, 0) is 74.3 Å². The third-order valence-electron chi connectivity index (χ3n) is 8.40. The van der Waals surface area contributed by atoms with Crippen LogP contribution in [0.25, 0.3) is 11.3 Å². The smallest absolute Gasteiger partial charge is 0.236 e. The highest BCUT2D eigenvalue weighted by atomic mass is 32.2. The molecule has 1 saturated carbocycles. The Labute approximate surface area is 255 Å². The van der Waals surface area contributed by atoms with Gasteiger partial charge in [0.25, 0.3) is 0 Å². The molecule has 2 heterocycles. The van der Waals surface area contributed by atoms with E-state index >= 15 is 0 Å². The molecule has 1 aliphatic rings. The van der Waals surface area contributed by atoms with E-state index in [2.05, 4.69) is 50.8 Å². The third kappa shape index (κ3) is 7.77. The van der Waals surface area contributed by atoms with Crippen molar-refractivity contribution in [1.82, 2.24) is 15.0 Å². The van der Waals surface area contributed by atoms with E-state index in [4.69, 9.17) is 10.7 Å². The Balaban J connectivity index is 1.55. The van der Waals surface area contributed by atoms with E-state index in [9.17, 15) is 8.42 Å². The summed E-state index contributed by atoms with van der Waals surface area (Å²) in [7, 11) is -3.63. The highest BCUT2D eigenvalue weighted by Crippen LogP contribution is 2.40. The molecule has 4 aromatic rings. The van der Waals surface area contributed by atoms with E-state index in [1.165, 1.54) is 12.7 Å². The number of pyridine rings is 1. The lowest BCUT2D eigenvalue weighted by Crippen LogP contribution is -2.36. The largest absolute Gasteiger partial charge is 0.352 e. The number of nitrogens with two attached hydrogens (primary N) is 1. The molecule has 3 N–H and O–H groups in total. The molecular weight excluding hydrogens is 556 g/mol. The van der Waals surface area contributed by atoms with E-state index in [-0.39, 0.29) is 5.82 Å². The van der Waals surface area contributed by atoms with Crippen molar-refractivity contribution in [3.63, 3.8) is 0 Å². The maximum atomic E-state index is 13.1. The van der Waals surface area contributed by atoms with Gasteiger partial charge in [0.15, 0.2) is 0 Å². The van der Waals surface area contributed by atoms with Crippen LogP contribution in [0.1, 0.15) is 57.4 Å². The molecule has 8 nitrogen and oxygen atoms in total. The summed E-state index contributed by atoms with van der Waals surface area (Å²) < 4.78 is 29.0. The Kier molecular flexibility index (Phi) is 9.13. The highest BCUT2D eigenvalue weighted by Gasteiger charge is 2.34. The fourth-order valence-electron chi connectivity index (χ4n) is 5.26. The predicted molar refractivity (Wildman–Crippen MR) is 174 cm³/mol. The van der Waals surface area contributed by atoms with Gasteiger partial charge in [-0.25, -0.2) is 23.4 Å². The highest BCUT2D eigenvalue weighted by molar-refractivity contribution is 7.93. The molecule has 5 rings (SSSR count). The summed E-state index contributed by atoms with van der Waals surface area (Å²) in [4.78, 5) is 16.2. The van der Waals surface area contributed by atoms with Crippen molar-refractivity contribution in [2.75, 3.05) is 16.2 Å². The number of rotatable bonds is 13. The Bertz CT molecular complexity index is 1630. The van der Waals surface area contributed by atoms with Gasteiger partial charge < -0.3 is 10.6 Å². The van der Waals surface area contributed by atoms with E-state index < -0.39 is 20.8 Å². The predicted octanol–water partition coefficient (Wildman–Crippen LogP) is 6.16. The number of nitrogens with one attached hydrogen (secondary N) is 1. The van der Waals surface area contributed by atoms with Crippen molar-refractivity contribution in [3.8, 4) is 11.3 Å². The number of hydrogen-bond donors (Lipinski definition) is 2. The van der Waals surface area contributed by atoms with Crippen LogP contribution in [0.15, 0.2) is 85.2 Å². The van der Waals surface area contributed by atoms with Crippen molar-refractivity contribution in [2.24, 2.45) is 17.6 Å². The monoisotopic (exact) mass is 598 g/mol. The molecular formula is C34H42N6O2S. The molecule has 4 atom stereocenters. The quantitative estimate of drug-likeness (QED) is 0.190. The third-order valence-corrected chi connectivity index (χ3v) is 10.3. The zero-order valence-electron chi connectivity index (χ0n) is 25.4. The average molecular weight is 599 g/mol. The Morgan fingerprint density at radius 3 is 2.30 bits per heavy atom. The first-order chi connectivity index (χ1) is 20.5. The molecule has 1 fully saturated rings. The van der Waals surface area contributed by atoms with Gasteiger partial charge in [0.1, 0.15) is 18.0 Å². The summed E-state index contributed by atoms with van der Waals surface area (Å²) in [5, 5.41) is -0.560. The normalized spacial score (nSPS) is 18.4. The first kappa shape index (κ1) is 30.6. The van der Waals surface area contributed by atoms with Gasteiger partial charge in [-0.1, -0.05) is 74.5 Å². The van der Waals surface area contributed by atoms with Gasteiger partial charge in [-0.15, -0.1) is 0 Å². The standard InChI is InChI=1S/C34H42N6O2S/c1-5-25(3)43(41,42)39-32-17-28(30-19-31(37-23-36-30)34(4,35)20-26-12-8-6-9-13-26)18-33(38-32)40(22-29-16-24(29)2)21-27-14-10-7-11-15-27/h6-15,17-19,23-25,29H,5,16,20-22,35H2,1-4H3,(H,38,39). The van der Waals surface area contributed by atoms with Crippen molar-refractivity contribution < 1.29 is 8.42 Å². The molecule has 0 amide bonds. The Hall–Kier alpha value is -3.82. The van der Waals surface area contributed by atoms with Crippen molar-refractivity contribution in [3.05, 3.63) is 102 Å². The minimum absolute atomic E-state index is 0.273. The van der Waals surface area contributed by atoms with E-state index in [0.717, 1.165) is 23.2 Å². The SMILES string of the molecule is CCC(C)S(=O)(=O)Nc1cc(-c2cc(C(C)(N)Cc3ccccc3)ncn2)cc(N(Cc2ccccc2)CC2CC2C)n1. The minimum atomic E-state index is -3.63. The van der Waals surface area contributed by atoms with Gasteiger partial charge in [-0.3, -0.25) is 4.72 Å². The first-order valence-corrected chi connectivity index (χ1v) is 16.6. The zero-order valence-corrected chi connectivity index (χ0v) is 26.3. The molecule has 9 heteroatoms. The van der Waals surface area contributed by atoms with Crippen LogP contribution in [-0.2, 0) is 28.5 Å². The Morgan fingerprint density at radius 2 is 1.67 bits per heavy atom. The molecule has 0 spiro atoms. The topological polar surface area (TPSA) is 114 Å². The summed E-state index contributed by atoms with van der Waals surface area (Å²) in [5.74, 6) is 2.19.